The maximum absolute atomic E-state index is 13.4. The Morgan fingerprint density at radius 2 is 2.07 bits per heavy atom. The normalized spacial score (nSPS) is 14.1. The lowest BCUT2D eigenvalue weighted by Gasteiger charge is -2.38. The summed E-state index contributed by atoms with van der Waals surface area (Å²) in [5.41, 5.74) is 2.31. The number of rotatable bonds is 12. The zero-order chi connectivity index (χ0) is 30.8. The van der Waals surface area contributed by atoms with Crippen molar-refractivity contribution in [2.24, 2.45) is 0 Å². The first-order valence-electron chi connectivity index (χ1n) is 14.2. The van der Waals surface area contributed by atoms with Crippen molar-refractivity contribution in [2.75, 3.05) is 45.6 Å². The molecule has 230 valence electrons. The first-order valence-corrected chi connectivity index (χ1v) is 14.2. The van der Waals surface area contributed by atoms with Crippen LogP contribution in [0.15, 0.2) is 49.1 Å². The number of nitrogens with one attached hydrogen (secondary N) is 1. The van der Waals surface area contributed by atoms with Gasteiger partial charge >= 0.3 is 6.61 Å². The van der Waals surface area contributed by atoms with E-state index in [2.05, 4.69) is 45.7 Å². The van der Waals surface area contributed by atoms with E-state index in [0.717, 1.165) is 31.7 Å². The number of aryl methyl sites for hydroxylation is 1. The van der Waals surface area contributed by atoms with Gasteiger partial charge in [-0.1, -0.05) is 13.0 Å². The highest BCUT2D eigenvalue weighted by atomic mass is 19.3. The van der Waals surface area contributed by atoms with Crippen LogP contribution in [0.4, 0.5) is 14.5 Å². The molecular weight excluding hydrogens is 574 g/mol. The highest BCUT2D eigenvalue weighted by Crippen LogP contribution is 2.36. The van der Waals surface area contributed by atoms with Crippen LogP contribution in [-0.4, -0.2) is 107 Å². The van der Waals surface area contributed by atoms with Gasteiger partial charge in [-0.3, -0.25) is 14.4 Å². The number of fused-ring (bicyclic) bond motifs is 1. The SMILES string of the molecule is CCc1ccc(OC(F)F)c(-c2nn(Cc3nnn(C4CN(CCN(C)C)C4)n3)cc2NC(=O)c2cnn3cccnc23)c1. The van der Waals surface area contributed by atoms with Crippen LogP contribution in [0.3, 0.4) is 0 Å². The number of carbonyl (C=O) groups is 1. The fraction of sp³-hybridized carbons (Fsp3) is 0.393. The van der Waals surface area contributed by atoms with Gasteiger partial charge in [0.2, 0.25) is 0 Å². The molecule has 1 amide bonds. The summed E-state index contributed by atoms with van der Waals surface area (Å²) in [4.78, 5) is 23.8. The van der Waals surface area contributed by atoms with Crippen molar-refractivity contribution < 1.29 is 18.3 Å². The number of nitrogens with zero attached hydrogens (tertiary/aromatic N) is 11. The molecular formula is C28H32F2N12O2. The Balaban J connectivity index is 1.28. The summed E-state index contributed by atoms with van der Waals surface area (Å²) < 4.78 is 34.6. The number of tetrazole rings is 1. The summed E-state index contributed by atoms with van der Waals surface area (Å²) in [6.07, 6.45) is 6.91. The average Bonchev–Trinajstić information content (AvgIpc) is 3.71. The van der Waals surface area contributed by atoms with E-state index in [9.17, 15) is 13.6 Å². The van der Waals surface area contributed by atoms with Gasteiger partial charge in [-0.2, -0.15) is 23.8 Å². The van der Waals surface area contributed by atoms with E-state index in [0.29, 0.717) is 23.5 Å². The van der Waals surface area contributed by atoms with Crippen LogP contribution in [0.2, 0.25) is 0 Å². The molecule has 4 aromatic heterocycles. The number of benzene rings is 1. The number of hydrogen-bond donors (Lipinski definition) is 1. The Kier molecular flexibility index (Phi) is 8.25. The molecule has 1 fully saturated rings. The second kappa shape index (κ2) is 12.4. The van der Waals surface area contributed by atoms with Crippen molar-refractivity contribution in [3.63, 3.8) is 0 Å². The summed E-state index contributed by atoms with van der Waals surface area (Å²) in [6, 6.07) is 6.75. The summed E-state index contributed by atoms with van der Waals surface area (Å²) in [5.74, 6) is -0.138. The minimum absolute atomic E-state index is 0.0662. The molecule has 5 aromatic rings. The number of likely N-dealkylation sites (N-methyl/N-ethyl adjacent to an activating group) is 1. The molecule has 1 aliphatic rings. The van der Waals surface area contributed by atoms with Crippen LogP contribution in [0, 0.1) is 0 Å². The van der Waals surface area contributed by atoms with E-state index < -0.39 is 12.5 Å². The third kappa shape index (κ3) is 6.26. The van der Waals surface area contributed by atoms with Crippen molar-refractivity contribution in [1.29, 1.82) is 0 Å². The molecule has 5 heterocycles. The minimum Gasteiger partial charge on any atom is -0.434 e. The second-order valence-electron chi connectivity index (χ2n) is 10.8. The molecule has 6 rings (SSSR count). The van der Waals surface area contributed by atoms with Crippen LogP contribution in [0.25, 0.3) is 16.9 Å². The Morgan fingerprint density at radius 3 is 2.84 bits per heavy atom. The van der Waals surface area contributed by atoms with E-state index in [1.165, 1.54) is 21.5 Å². The third-order valence-electron chi connectivity index (χ3n) is 7.36. The summed E-state index contributed by atoms with van der Waals surface area (Å²) in [6.45, 7) is 2.66. The number of alkyl halides is 2. The molecule has 0 aliphatic carbocycles. The molecule has 0 spiro atoms. The van der Waals surface area contributed by atoms with Gasteiger partial charge in [-0.15, -0.1) is 10.2 Å². The molecule has 0 unspecified atom stereocenters. The summed E-state index contributed by atoms with van der Waals surface area (Å²) >= 11 is 0. The number of amides is 1. The van der Waals surface area contributed by atoms with E-state index in [4.69, 9.17) is 4.74 Å². The Bertz CT molecular complexity index is 1760. The smallest absolute Gasteiger partial charge is 0.387 e. The fourth-order valence-corrected chi connectivity index (χ4v) is 4.98. The third-order valence-corrected chi connectivity index (χ3v) is 7.36. The van der Waals surface area contributed by atoms with Crippen molar-refractivity contribution in [3.05, 3.63) is 66.0 Å². The Hall–Kier alpha value is -4.83. The van der Waals surface area contributed by atoms with Crippen LogP contribution in [0.1, 0.15) is 34.7 Å². The Labute approximate surface area is 251 Å². The number of likely N-dealkylation sites (tertiary alicyclic amines) is 1. The van der Waals surface area contributed by atoms with E-state index in [1.54, 1.807) is 41.6 Å². The van der Waals surface area contributed by atoms with Gasteiger partial charge in [0.25, 0.3) is 5.91 Å². The molecule has 1 aliphatic heterocycles. The summed E-state index contributed by atoms with van der Waals surface area (Å²) in [5, 5.41) is 24.7. The molecule has 44 heavy (non-hydrogen) atoms. The number of ether oxygens (including phenoxy) is 1. The first kappa shape index (κ1) is 29.3. The summed E-state index contributed by atoms with van der Waals surface area (Å²) in [7, 11) is 4.09. The minimum atomic E-state index is -3.05. The van der Waals surface area contributed by atoms with Gasteiger partial charge in [-0.05, 0) is 49.5 Å². The van der Waals surface area contributed by atoms with Crippen molar-refractivity contribution in [2.45, 2.75) is 32.5 Å². The number of hydrogen-bond acceptors (Lipinski definition) is 10. The fourth-order valence-electron chi connectivity index (χ4n) is 4.98. The predicted octanol–water partition coefficient (Wildman–Crippen LogP) is 2.46. The number of carbonyl (C=O) groups excluding carboxylic acids is 1. The molecule has 0 atom stereocenters. The molecule has 0 bridgehead atoms. The largest absolute Gasteiger partial charge is 0.434 e. The zero-order valence-corrected chi connectivity index (χ0v) is 24.5. The monoisotopic (exact) mass is 606 g/mol. The molecule has 0 saturated carbocycles. The number of aromatic nitrogens is 9. The highest BCUT2D eigenvalue weighted by molar-refractivity contribution is 6.09. The van der Waals surface area contributed by atoms with E-state index in [1.807, 2.05) is 21.0 Å². The van der Waals surface area contributed by atoms with Crippen LogP contribution < -0.4 is 10.1 Å². The second-order valence-corrected chi connectivity index (χ2v) is 10.8. The number of anilines is 1. The van der Waals surface area contributed by atoms with Crippen molar-refractivity contribution in [3.8, 4) is 17.0 Å². The maximum atomic E-state index is 13.4. The number of halogens is 2. The molecule has 16 heteroatoms. The molecule has 1 N–H and O–H groups in total. The molecule has 1 saturated heterocycles. The van der Waals surface area contributed by atoms with Crippen LogP contribution in [-0.2, 0) is 13.0 Å². The van der Waals surface area contributed by atoms with E-state index in [-0.39, 0.29) is 35.3 Å². The predicted molar refractivity (Wildman–Crippen MR) is 156 cm³/mol. The molecule has 1 aromatic carbocycles. The van der Waals surface area contributed by atoms with Gasteiger partial charge in [0.05, 0.1) is 17.9 Å². The van der Waals surface area contributed by atoms with Crippen LogP contribution >= 0.6 is 0 Å². The van der Waals surface area contributed by atoms with Gasteiger partial charge in [0.15, 0.2) is 11.5 Å². The van der Waals surface area contributed by atoms with Crippen molar-refractivity contribution >= 4 is 17.2 Å². The average molecular weight is 607 g/mol. The maximum Gasteiger partial charge on any atom is 0.387 e. The van der Waals surface area contributed by atoms with Gasteiger partial charge in [0, 0.05) is 50.3 Å². The van der Waals surface area contributed by atoms with Crippen molar-refractivity contribution in [1.82, 2.24) is 54.4 Å². The van der Waals surface area contributed by atoms with Gasteiger partial charge < -0.3 is 15.0 Å². The highest BCUT2D eigenvalue weighted by Gasteiger charge is 2.30. The van der Waals surface area contributed by atoms with E-state index >= 15 is 0 Å². The molecule has 0 radical (unpaired) electrons. The zero-order valence-electron chi connectivity index (χ0n) is 24.5. The standard InChI is InChI=1S/C28H32F2N12O2/c1-4-18-6-7-23(44-28(29)30)20(12-18)25-22(33-27(43)21-13-32-41-9-5-8-31-26(21)41)16-40(36-25)17-24-34-37-42(35-24)19-14-39(15-19)11-10-38(2)3/h5-9,12-13,16,19,28H,4,10-11,14-15,17H2,1-3H3,(H,33,43). The Morgan fingerprint density at radius 1 is 1.23 bits per heavy atom. The lowest BCUT2D eigenvalue weighted by molar-refractivity contribution is -0.0494. The van der Waals surface area contributed by atoms with Gasteiger partial charge in [-0.25, -0.2) is 9.50 Å². The topological polar surface area (TPSA) is 136 Å². The van der Waals surface area contributed by atoms with Crippen LogP contribution in [0.5, 0.6) is 5.75 Å². The molecule has 14 nitrogen and oxygen atoms in total. The lowest BCUT2D eigenvalue weighted by atomic mass is 10.0. The quantitative estimate of drug-likeness (QED) is 0.226. The van der Waals surface area contributed by atoms with Gasteiger partial charge in [0.1, 0.15) is 23.6 Å². The first-order chi connectivity index (χ1) is 21.3. The lowest BCUT2D eigenvalue weighted by Crippen LogP contribution is -2.50.